The molecule has 0 spiro atoms. The molecule has 120 valence electrons. The average Bonchev–Trinajstić information content (AvgIpc) is 2.97. The Bertz CT molecular complexity index is 550. The van der Waals surface area contributed by atoms with Gasteiger partial charge < -0.3 is 10.0 Å². The molecule has 4 nitrogen and oxygen atoms in total. The molecule has 5 heteroatoms. The van der Waals surface area contributed by atoms with E-state index in [0.717, 1.165) is 35.7 Å². The number of aliphatic carboxylic acids is 1. The third-order valence-corrected chi connectivity index (χ3v) is 5.11. The summed E-state index contributed by atoms with van der Waals surface area (Å²) in [5, 5.41) is 9.05. The van der Waals surface area contributed by atoms with E-state index in [1.54, 1.807) is 18.9 Å². The van der Waals surface area contributed by atoms with Crippen molar-refractivity contribution in [2.75, 3.05) is 13.6 Å². The van der Waals surface area contributed by atoms with Crippen LogP contribution in [0.4, 0.5) is 0 Å². The Morgan fingerprint density at radius 3 is 2.32 bits per heavy atom. The maximum absolute atomic E-state index is 13.0. The van der Waals surface area contributed by atoms with Gasteiger partial charge in [0.2, 0.25) is 5.91 Å². The number of benzene rings is 1. The number of amides is 1. The van der Waals surface area contributed by atoms with E-state index in [9.17, 15) is 9.59 Å². The van der Waals surface area contributed by atoms with Crippen LogP contribution in [-0.2, 0) is 15.0 Å². The first-order chi connectivity index (χ1) is 10.4. The monoisotopic (exact) mass is 367 g/mol. The molecule has 0 aliphatic heterocycles. The van der Waals surface area contributed by atoms with Gasteiger partial charge in [0.25, 0.3) is 0 Å². The molecule has 0 radical (unpaired) electrons. The highest BCUT2D eigenvalue weighted by Crippen LogP contribution is 2.42. The lowest BCUT2D eigenvalue weighted by Crippen LogP contribution is -2.45. The van der Waals surface area contributed by atoms with Crippen LogP contribution < -0.4 is 0 Å². The van der Waals surface area contributed by atoms with Crippen molar-refractivity contribution in [3.8, 4) is 0 Å². The van der Waals surface area contributed by atoms with E-state index in [4.69, 9.17) is 5.11 Å². The summed E-state index contributed by atoms with van der Waals surface area (Å²) in [7, 11) is 1.71. The molecule has 0 bridgehead atoms. The van der Waals surface area contributed by atoms with Crippen molar-refractivity contribution in [3.63, 3.8) is 0 Å². The largest absolute Gasteiger partial charge is 0.481 e. The van der Waals surface area contributed by atoms with Gasteiger partial charge in [0.15, 0.2) is 0 Å². The second-order valence-corrected chi connectivity index (χ2v) is 7.14. The lowest BCUT2D eigenvalue weighted by Gasteiger charge is -2.33. The Balaban J connectivity index is 2.25. The van der Waals surface area contributed by atoms with Gasteiger partial charge in [-0.3, -0.25) is 9.59 Å². The second kappa shape index (κ2) is 6.82. The number of rotatable bonds is 5. The zero-order valence-electron chi connectivity index (χ0n) is 13.0. The normalized spacial score (nSPS) is 18.0. The molecule has 1 aliphatic carbocycles. The van der Waals surface area contributed by atoms with Gasteiger partial charge in [-0.05, 0) is 30.5 Å². The number of hydrogen-bond acceptors (Lipinski definition) is 2. The van der Waals surface area contributed by atoms with Gasteiger partial charge in [0, 0.05) is 18.1 Å². The molecule has 0 heterocycles. The quantitative estimate of drug-likeness (QED) is 0.866. The molecular formula is C17H22BrNO3. The lowest BCUT2D eigenvalue weighted by atomic mass is 9.77. The zero-order valence-corrected chi connectivity index (χ0v) is 14.6. The van der Waals surface area contributed by atoms with Gasteiger partial charge in [0.05, 0.1) is 11.3 Å². The molecule has 1 N–H and O–H groups in total. The van der Waals surface area contributed by atoms with Crippen LogP contribution in [0.25, 0.3) is 0 Å². The summed E-state index contributed by atoms with van der Waals surface area (Å²) in [6.07, 6.45) is 3.73. The second-order valence-electron chi connectivity index (χ2n) is 6.22. The molecular weight excluding hydrogens is 346 g/mol. The molecule has 22 heavy (non-hydrogen) atoms. The fraction of sp³-hybridized carbons (Fsp3) is 0.529. The van der Waals surface area contributed by atoms with Crippen LogP contribution in [0.15, 0.2) is 28.7 Å². The standard InChI is InChI=1S/C17H22BrNO3/c1-12(15(20)21)11-19(2)16(22)17(9-3-4-10-17)13-5-7-14(18)8-6-13/h5-8,12H,3-4,9-11H2,1-2H3,(H,20,21). The number of nitrogens with zero attached hydrogens (tertiary/aromatic N) is 1. The van der Waals surface area contributed by atoms with E-state index in [0.29, 0.717) is 0 Å². The third-order valence-electron chi connectivity index (χ3n) is 4.58. The van der Waals surface area contributed by atoms with Gasteiger partial charge in [-0.1, -0.05) is 47.8 Å². The predicted molar refractivity (Wildman–Crippen MR) is 88.7 cm³/mol. The summed E-state index contributed by atoms with van der Waals surface area (Å²) in [4.78, 5) is 25.6. The van der Waals surface area contributed by atoms with E-state index >= 15 is 0 Å². The minimum absolute atomic E-state index is 0.0421. The molecule has 1 atom stereocenters. The van der Waals surface area contributed by atoms with Crippen molar-refractivity contribution in [2.45, 2.75) is 38.0 Å². The highest BCUT2D eigenvalue weighted by Gasteiger charge is 2.44. The summed E-state index contributed by atoms with van der Waals surface area (Å²) in [5.41, 5.74) is 0.543. The van der Waals surface area contributed by atoms with Gasteiger partial charge in [0.1, 0.15) is 0 Å². The highest BCUT2D eigenvalue weighted by atomic mass is 79.9. The van der Waals surface area contributed by atoms with Crippen LogP contribution in [0.2, 0.25) is 0 Å². The first kappa shape index (κ1) is 17.0. The number of carbonyl (C=O) groups excluding carboxylic acids is 1. The topological polar surface area (TPSA) is 57.6 Å². The van der Waals surface area contributed by atoms with Crippen LogP contribution in [-0.4, -0.2) is 35.5 Å². The van der Waals surface area contributed by atoms with Crippen LogP contribution in [0.1, 0.15) is 38.2 Å². The van der Waals surface area contributed by atoms with Crippen molar-refractivity contribution in [1.29, 1.82) is 0 Å². The summed E-state index contributed by atoms with van der Waals surface area (Å²) >= 11 is 3.43. The number of carboxylic acid groups (broad SMARTS) is 1. The summed E-state index contributed by atoms with van der Waals surface area (Å²) in [6.45, 7) is 1.87. The summed E-state index contributed by atoms with van der Waals surface area (Å²) in [6, 6.07) is 7.93. The van der Waals surface area contributed by atoms with E-state index in [1.165, 1.54) is 0 Å². The molecule has 1 saturated carbocycles. The van der Waals surface area contributed by atoms with Gasteiger partial charge in [-0.25, -0.2) is 0 Å². The Hall–Kier alpha value is -1.36. The fourth-order valence-electron chi connectivity index (χ4n) is 3.31. The van der Waals surface area contributed by atoms with Crippen molar-refractivity contribution in [1.82, 2.24) is 4.90 Å². The van der Waals surface area contributed by atoms with Crippen LogP contribution >= 0.6 is 15.9 Å². The number of carbonyl (C=O) groups is 2. The molecule has 1 amide bonds. The molecule has 1 aromatic carbocycles. The Morgan fingerprint density at radius 1 is 1.27 bits per heavy atom. The van der Waals surface area contributed by atoms with Crippen molar-refractivity contribution in [3.05, 3.63) is 34.3 Å². The van der Waals surface area contributed by atoms with Crippen molar-refractivity contribution in [2.24, 2.45) is 5.92 Å². The first-order valence-corrected chi connectivity index (χ1v) is 8.40. The van der Waals surface area contributed by atoms with Gasteiger partial charge in [-0.2, -0.15) is 0 Å². The fourth-order valence-corrected chi connectivity index (χ4v) is 3.57. The number of carboxylic acids is 1. The van der Waals surface area contributed by atoms with Gasteiger partial charge in [-0.15, -0.1) is 0 Å². The number of halogens is 1. The van der Waals surface area contributed by atoms with Crippen LogP contribution in [0.3, 0.4) is 0 Å². The molecule has 0 aromatic heterocycles. The SMILES string of the molecule is CC(CN(C)C(=O)C1(c2ccc(Br)cc2)CCCC1)C(=O)O. The van der Waals surface area contributed by atoms with Crippen LogP contribution in [0, 0.1) is 5.92 Å². The van der Waals surface area contributed by atoms with E-state index in [-0.39, 0.29) is 12.5 Å². The molecule has 0 saturated heterocycles. The summed E-state index contributed by atoms with van der Waals surface area (Å²) in [5.74, 6) is -1.39. The predicted octanol–water partition coefficient (Wildman–Crippen LogP) is 3.44. The van der Waals surface area contributed by atoms with E-state index < -0.39 is 17.3 Å². The van der Waals surface area contributed by atoms with Crippen molar-refractivity contribution < 1.29 is 14.7 Å². The maximum Gasteiger partial charge on any atom is 0.308 e. The minimum Gasteiger partial charge on any atom is -0.481 e. The smallest absolute Gasteiger partial charge is 0.308 e. The maximum atomic E-state index is 13.0. The van der Waals surface area contributed by atoms with Crippen LogP contribution in [0.5, 0.6) is 0 Å². The number of hydrogen-bond donors (Lipinski definition) is 1. The highest BCUT2D eigenvalue weighted by molar-refractivity contribution is 9.10. The van der Waals surface area contributed by atoms with Crippen molar-refractivity contribution >= 4 is 27.8 Å². The Kier molecular flexibility index (Phi) is 5.27. The van der Waals surface area contributed by atoms with E-state index in [1.807, 2.05) is 24.3 Å². The Morgan fingerprint density at radius 2 is 1.82 bits per heavy atom. The molecule has 1 fully saturated rings. The molecule has 1 aromatic rings. The van der Waals surface area contributed by atoms with E-state index in [2.05, 4.69) is 15.9 Å². The minimum atomic E-state index is -0.872. The zero-order chi connectivity index (χ0) is 16.3. The molecule has 1 aliphatic rings. The molecule has 2 rings (SSSR count). The number of likely N-dealkylation sites (N-methyl/N-ethyl adjacent to an activating group) is 1. The van der Waals surface area contributed by atoms with Gasteiger partial charge >= 0.3 is 5.97 Å². The average molecular weight is 368 g/mol. The summed E-state index contributed by atoms with van der Waals surface area (Å²) < 4.78 is 0.990. The lowest BCUT2D eigenvalue weighted by molar-refractivity contribution is -0.143. The third kappa shape index (κ3) is 3.35. The molecule has 1 unspecified atom stereocenters. The first-order valence-electron chi connectivity index (χ1n) is 7.61. The Labute approximate surface area is 139 Å².